The van der Waals surface area contributed by atoms with E-state index in [1.807, 2.05) is 0 Å². The van der Waals surface area contributed by atoms with E-state index in [0.29, 0.717) is 39.3 Å². The van der Waals surface area contributed by atoms with E-state index in [4.69, 9.17) is 0 Å². The van der Waals surface area contributed by atoms with Gasteiger partial charge in [0.2, 0.25) is 0 Å². The molecule has 10 nitrogen and oxygen atoms in total. The van der Waals surface area contributed by atoms with E-state index < -0.39 is 11.9 Å². The number of hydrogen-bond acceptors (Lipinski definition) is 6. The molecule has 3 aromatic rings. The molecule has 160 valence electrons. The largest absolute Gasteiger partial charge is 0.389 e. The Kier molecular flexibility index (Phi) is 5.34. The molecule has 1 aliphatic heterocycles. The standard InChI is InChI=1S/C20H20FN7O3/c1-10-17(6-15-14-5-12(21)3-4-16(14)25-19(15)30)24-11(2)18(10)20(31)22-7-13(29)8-28-9-23-26-27-28/h3-6,9,13,24,29H,7-8H2,1-2H3,(H,22,31)(H,25,30). The van der Waals surface area contributed by atoms with Gasteiger partial charge in [-0.05, 0) is 54.1 Å². The number of nitrogens with zero attached hydrogens (tertiary/aromatic N) is 4. The minimum atomic E-state index is -0.873. The highest BCUT2D eigenvalue weighted by molar-refractivity contribution is 6.34. The zero-order valence-electron chi connectivity index (χ0n) is 16.8. The zero-order valence-corrected chi connectivity index (χ0v) is 16.8. The summed E-state index contributed by atoms with van der Waals surface area (Å²) >= 11 is 0. The van der Waals surface area contributed by atoms with Crippen molar-refractivity contribution >= 4 is 29.2 Å². The first-order chi connectivity index (χ1) is 14.8. The number of aliphatic hydroxyl groups is 1. The van der Waals surface area contributed by atoms with Gasteiger partial charge in [-0.2, -0.15) is 0 Å². The third-order valence-electron chi connectivity index (χ3n) is 5.04. The molecule has 0 fully saturated rings. The summed E-state index contributed by atoms with van der Waals surface area (Å²) in [4.78, 5) is 28.2. The van der Waals surface area contributed by atoms with Gasteiger partial charge in [0.1, 0.15) is 12.1 Å². The number of aromatic nitrogens is 5. The van der Waals surface area contributed by atoms with Crippen LogP contribution in [0.4, 0.5) is 10.1 Å². The number of fused-ring (bicyclic) bond motifs is 1. The van der Waals surface area contributed by atoms with Gasteiger partial charge in [0.25, 0.3) is 11.8 Å². The van der Waals surface area contributed by atoms with Crippen LogP contribution < -0.4 is 10.6 Å². The number of carbonyl (C=O) groups is 2. The topological polar surface area (TPSA) is 138 Å². The molecule has 2 aromatic heterocycles. The van der Waals surface area contributed by atoms with Crippen molar-refractivity contribution in [1.29, 1.82) is 0 Å². The highest BCUT2D eigenvalue weighted by Crippen LogP contribution is 2.34. The van der Waals surface area contributed by atoms with Crippen molar-refractivity contribution in [1.82, 2.24) is 30.5 Å². The molecule has 0 saturated carbocycles. The summed E-state index contributed by atoms with van der Waals surface area (Å²) in [5.74, 6) is -1.15. The smallest absolute Gasteiger partial charge is 0.256 e. The number of anilines is 1. The van der Waals surface area contributed by atoms with E-state index in [1.54, 1.807) is 19.9 Å². The maximum atomic E-state index is 13.7. The number of aromatic amines is 1. The lowest BCUT2D eigenvalue weighted by Crippen LogP contribution is -2.35. The number of rotatable bonds is 6. The lowest BCUT2D eigenvalue weighted by Gasteiger charge is -2.11. The predicted octanol–water partition coefficient (Wildman–Crippen LogP) is 1.04. The number of carbonyl (C=O) groups excluding carboxylic acids is 2. The van der Waals surface area contributed by atoms with Gasteiger partial charge in [-0.25, -0.2) is 9.07 Å². The van der Waals surface area contributed by atoms with E-state index in [9.17, 15) is 19.1 Å². The summed E-state index contributed by atoms with van der Waals surface area (Å²) in [6, 6.07) is 4.09. The molecule has 0 aliphatic carbocycles. The lowest BCUT2D eigenvalue weighted by molar-refractivity contribution is -0.110. The molecule has 1 aliphatic rings. The van der Waals surface area contributed by atoms with Gasteiger partial charge in [0.15, 0.2) is 0 Å². The van der Waals surface area contributed by atoms with Crippen LogP contribution in [0.3, 0.4) is 0 Å². The number of tetrazole rings is 1. The van der Waals surface area contributed by atoms with Gasteiger partial charge in [-0.3, -0.25) is 9.59 Å². The predicted molar refractivity (Wildman–Crippen MR) is 109 cm³/mol. The Morgan fingerprint density at radius 2 is 2.19 bits per heavy atom. The van der Waals surface area contributed by atoms with Crippen LogP contribution in [-0.2, 0) is 11.3 Å². The fourth-order valence-electron chi connectivity index (χ4n) is 3.55. The molecular formula is C20H20FN7O3. The first-order valence-electron chi connectivity index (χ1n) is 9.52. The van der Waals surface area contributed by atoms with Crippen LogP contribution in [-0.4, -0.2) is 54.8 Å². The quantitative estimate of drug-likeness (QED) is 0.436. The Hall–Kier alpha value is -3.86. The average molecular weight is 425 g/mol. The van der Waals surface area contributed by atoms with Crippen LogP contribution in [0.25, 0.3) is 11.6 Å². The number of nitrogens with one attached hydrogen (secondary N) is 3. The zero-order chi connectivity index (χ0) is 22.1. The maximum absolute atomic E-state index is 13.7. The van der Waals surface area contributed by atoms with E-state index in [0.717, 1.165) is 0 Å². The normalized spacial score (nSPS) is 15.1. The summed E-state index contributed by atoms with van der Waals surface area (Å²) in [7, 11) is 0. The van der Waals surface area contributed by atoms with Crippen LogP contribution in [0.1, 0.15) is 32.9 Å². The lowest BCUT2D eigenvalue weighted by atomic mass is 10.0. The Morgan fingerprint density at radius 3 is 2.94 bits per heavy atom. The number of H-pyrrole nitrogens is 1. The molecule has 2 amide bonds. The molecule has 31 heavy (non-hydrogen) atoms. The maximum Gasteiger partial charge on any atom is 0.256 e. The third-order valence-corrected chi connectivity index (χ3v) is 5.04. The fourth-order valence-corrected chi connectivity index (χ4v) is 3.55. The molecule has 0 saturated heterocycles. The van der Waals surface area contributed by atoms with E-state index in [-0.39, 0.29) is 24.9 Å². The number of hydrogen-bond donors (Lipinski definition) is 4. The Balaban J connectivity index is 1.53. The highest BCUT2D eigenvalue weighted by Gasteiger charge is 2.26. The van der Waals surface area contributed by atoms with Crippen molar-refractivity contribution in [2.24, 2.45) is 0 Å². The van der Waals surface area contributed by atoms with Gasteiger partial charge < -0.3 is 20.7 Å². The SMILES string of the molecule is Cc1[nH]c(C=C2C(=O)Nc3ccc(F)cc32)c(C)c1C(=O)NCC(O)Cn1cnnn1. The van der Waals surface area contributed by atoms with Crippen molar-refractivity contribution < 1.29 is 19.1 Å². The first-order valence-corrected chi connectivity index (χ1v) is 9.52. The molecular weight excluding hydrogens is 405 g/mol. The van der Waals surface area contributed by atoms with Crippen LogP contribution in [0.2, 0.25) is 0 Å². The number of aliphatic hydroxyl groups excluding tert-OH is 1. The molecule has 0 bridgehead atoms. The Labute approximate surface area is 176 Å². The minimum absolute atomic E-state index is 0.00817. The number of aryl methyl sites for hydroxylation is 1. The molecule has 4 N–H and O–H groups in total. The summed E-state index contributed by atoms with van der Waals surface area (Å²) in [6.45, 7) is 3.64. The summed E-state index contributed by atoms with van der Waals surface area (Å²) in [5.41, 5.74) is 3.53. The Morgan fingerprint density at radius 1 is 1.39 bits per heavy atom. The van der Waals surface area contributed by atoms with Crippen molar-refractivity contribution in [3.8, 4) is 0 Å². The fraction of sp³-hybridized carbons (Fsp3) is 0.250. The van der Waals surface area contributed by atoms with Crippen molar-refractivity contribution in [2.75, 3.05) is 11.9 Å². The molecule has 0 spiro atoms. The minimum Gasteiger partial charge on any atom is -0.389 e. The third kappa shape index (κ3) is 4.08. The van der Waals surface area contributed by atoms with Crippen molar-refractivity contribution in [3.05, 3.63) is 58.4 Å². The average Bonchev–Trinajstić information content (AvgIpc) is 3.40. The van der Waals surface area contributed by atoms with E-state index in [2.05, 4.69) is 31.1 Å². The molecule has 11 heteroatoms. The first kappa shape index (κ1) is 20.4. The Bertz CT molecular complexity index is 1180. The van der Waals surface area contributed by atoms with Crippen molar-refractivity contribution in [2.45, 2.75) is 26.5 Å². The van der Waals surface area contributed by atoms with Gasteiger partial charge in [0, 0.05) is 29.2 Å². The molecule has 4 rings (SSSR count). The molecule has 1 aromatic carbocycles. The number of amides is 2. The number of halogens is 1. The molecule has 3 heterocycles. The van der Waals surface area contributed by atoms with Crippen LogP contribution >= 0.6 is 0 Å². The van der Waals surface area contributed by atoms with Crippen molar-refractivity contribution in [3.63, 3.8) is 0 Å². The van der Waals surface area contributed by atoms with Gasteiger partial charge in [0.05, 0.1) is 23.8 Å². The summed E-state index contributed by atoms with van der Waals surface area (Å²) in [5, 5.41) is 26.1. The molecule has 1 unspecified atom stereocenters. The van der Waals surface area contributed by atoms with Gasteiger partial charge in [-0.1, -0.05) is 0 Å². The summed E-state index contributed by atoms with van der Waals surface area (Å²) < 4.78 is 15.0. The molecule has 1 atom stereocenters. The second-order valence-electron chi connectivity index (χ2n) is 7.26. The highest BCUT2D eigenvalue weighted by atomic mass is 19.1. The van der Waals surface area contributed by atoms with Crippen LogP contribution in [0.5, 0.6) is 0 Å². The van der Waals surface area contributed by atoms with E-state index >= 15 is 0 Å². The number of benzene rings is 1. The van der Waals surface area contributed by atoms with E-state index in [1.165, 1.54) is 29.2 Å². The monoisotopic (exact) mass is 425 g/mol. The second kappa shape index (κ2) is 8.11. The second-order valence-corrected chi connectivity index (χ2v) is 7.26. The van der Waals surface area contributed by atoms with Gasteiger partial charge >= 0.3 is 0 Å². The van der Waals surface area contributed by atoms with Gasteiger partial charge in [-0.15, -0.1) is 5.10 Å². The summed E-state index contributed by atoms with van der Waals surface area (Å²) in [6.07, 6.45) is 2.10. The van der Waals surface area contributed by atoms with Crippen LogP contribution in [0.15, 0.2) is 24.5 Å². The molecule has 0 radical (unpaired) electrons. The van der Waals surface area contributed by atoms with Crippen LogP contribution in [0, 0.1) is 19.7 Å².